The maximum absolute atomic E-state index is 14.0. The summed E-state index contributed by atoms with van der Waals surface area (Å²) in [6, 6.07) is 12.8. The molecule has 756 valence electrons. The second kappa shape index (κ2) is 38.1. The summed E-state index contributed by atoms with van der Waals surface area (Å²) in [6.07, 6.45) is -14.3. The second-order valence-electron chi connectivity index (χ2n) is 38.0. The van der Waals surface area contributed by atoms with Crippen LogP contribution in [-0.4, -0.2) is 372 Å². The number of Topliss-reactive ketones (excluding diaryl/α,β-unsaturated/α-hetero) is 1. The highest BCUT2D eigenvalue weighted by atomic mass is 16.8. The highest BCUT2D eigenvalue weighted by molar-refractivity contribution is 6.33. The van der Waals surface area contributed by atoms with E-state index >= 15 is 0 Å². The lowest BCUT2D eigenvalue weighted by atomic mass is 9.72. The summed E-state index contributed by atoms with van der Waals surface area (Å²) in [5.41, 5.74) is -10.3. The van der Waals surface area contributed by atoms with E-state index in [9.17, 15) is 99.3 Å². The molecule has 1 amide bonds. The number of carboxylic acid groups (broad SMARTS) is 1. The number of nitrogens with zero attached hydrogens (tertiary/aromatic N) is 4. The predicted octanol–water partition coefficient (Wildman–Crippen LogP) is 2.77. The third-order valence-corrected chi connectivity index (χ3v) is 29.9. The van der Waals surface area contributed by atoms with E-state index in [1.165, 1.54) is 84.1 Å². The largest absolute Gasteiger partial charge is 0.507 e. The van der Waals surface area contributed by atoms with Crippen molar-refractivity contribution in [3.05, 3.63) is 155 Å². The Morgan fingerprint density at radius 2 is 0.730 bits per heavy atom. The normalized spacial score (nSPS) is 33.0. The summed E-state index contributed by atoms with van der Waals surface area (Å²) < 4.78 is 106. The highest BCUT2D eigenvalue weighted by Gasteiger charge is 2.62. The van der Waals surface area contributed by atoms with Crippen molar-refractivity contribution in [2.45, 2.75) is 225 Å². The van der Waals surface area contributed by atoms with E-state index in [2.05, 4.69) is 20.0 Å². The van der Waals surface area contributed by atoms with Gasteiger partial charge < -0.3 is 152 Å². The van der Waals surface area contributed by atoms with Crippen molar-refractivity contribution in [1.82, 2.24) is 24.9 Å². The van der Waals surface area contributed by atoms with Crippen molar-refractivity contribution in [1.29, 1.82) is 0 Å². The average Bonchev–Trinajstić information content (AvgIpc) is 1.70. The van der Waals surface area contributed by atoms with Crippen LogP contribution in [0.1, 0.15) is 207 Å². The number of amides is 1. The number of aromatic hydroxyl groups is 6. The number of carbonyl (C=O) groups is 9. The van der Waals surface area contributed by atoms with Crippen molar-refractivity contribution >= 4 is 52.4 Å². The van der Waals surface area contributed by atoms with E-state index in [1.807, 2.05) is 39.8 Å². The number of benzene rings is 6. The van der Waals surface area contributed by atoms with Gasteiger partial charge in [0.2, 0.25) is 17.3 Å². The maximum atomic E-state index is 14.0. The number of hydrogen-bond donors (Lipinski definition) is 12. The fourth-order valence-corrected chi connectivity index (χ4v) is 23.2. The number of morpholine rings is 3. The van der Waals surface area contributed by atoms with Crippen molar-refractivity contribution in [3.63, 3.8) is 0 Å². The third kappa shape index (κ3) is 16.4. The molecule has 0 saturated carbocycles. The number of fused-ring (bicyclic) bond motifs is 18. The number of methoxy groups -OCH3 is 6. The Morgan fingerprint density at radius 1 is 0.426 bits per heavy atom. The standard InChI is InChI=1S/C35H43N3O12.C32H35NO13.C31H33NO13/c1-16-31-19(38-11-12-47-33(46-5)32(38)50-31)13-22(48-16)49-21-15-35(44,34(43)36-9-10-37(2)3)14-18-24(21)30(42)26-25(28(18)40)27(39)17-7-6-8-20(45-4)23(17)29(26)41;1-13-29-16(33-7-8-43-31(42-3)30(33)46-29)9-20(44-13)45-18-11-32(40,19(35)12-34)10-15-22(18)28(39)24-23(26(15)37)25(36)14-5-4-6-17(41-2)21(14)27(24)38;1-12-27-15(32-7-8-42-29(41-3)28(32)45-27)9-18(43-12)44-17-11-31(39,30(37)38)10-14-20(17)26(36)22-21(24(14)34)23(33)13-5-4-6-16(40-2)19(13)25(22)35/h6-8,16,19,21-22,31-33,40,42,44H,9-15H2,1-5H3,(H,36,43);4-6,13,16,18,20,29-31,34,37,39-40H,7-12H2,1-3H3;4-6,12,15,17-18,27-29,34,36,39H,7-11H2,1-3H3,(H,37,38)/t16-,19-,21-,22-,31+,32+,33-,35-;13-,16-,18-,20-,29+,30+,31-,32-;12-,15-,17-,18-,27+,28+,29-,31-/m000/s1. The molecule has 12 N–H and O–H groups in total. The summed E-state index contributed by atoms with van der Waals surface area (Å²) in [5.74, 6) is -11.2. The van der Waals surface area contributed by atoms with Crippen LogP contribution in [0.3, 0.4) is 0 Å². The second-order valence-corrected chi connectivity index (χ2v) is 38.0. The lowest BCUT2D eigenvalue weighted by molar-refractivity contribution is -0.256. The van der Waals surface area contributed by atoms with Gasteiger partial charge in [0, 0.05) is 180 Å². The van der Waals surface area contributed by atoms with Crippen LogP contribution in [0.5, 0.6) is 51.7 Å². The zero-order valence-corrected chi connectivity index (χ0v) is 78.8. The summed E-state index contributed by atoms with van der Waals surface area (Å²) in [5, 5.41) is 127. The number of aliphatic hydroxyl groups excluding tert-OH is 1. The molecule has 43 nitrogen and oxygen atoms in total. The molecule has 6 aromatic carbocycles. The lowest BCUT2D eigenvalue weighted by Crippen LogP contribution is -2.55. The molecule has 6 aliphatic carbocycles. The number of ketones is 7. The van der Waals surface area contributed by atoms with Gasteiger partial charge in [-0.15, -0.1) is 0 Å². The molecule has 9 aliphatic heterocycles. The minimum absolute atomic E-state index is 0.00346. The molecule has 43 heteroatoms. The number of hydrogen-bond acceptors (Lipinski definition) is 41. The van der Waals surface area contributed by atoms with Gasteiger partial charge >= 0.3 is 5.97 Å². The first-order chi connectivity index (χ1) is 67.4. The topological polar surface area (TPSA) is 567 Å². The van der Waals surface area contributed by atoms with Crippen molar-refractivity contribution in [2.75, 3.05) is 116 Å². The van der Waals surface area contributed by atoms with E-state index in [1.54, 1.807) is 13.2 Å². The SMILES string of the molecule is COc1cccc2c1C(=O)c1c(O)c3c(c(O)c1C2=O)C[C@@](O)(C(=O)CO)C[C@@H]3O[C@H]1C[C@H]2[C@H](O[C@@H]3[C@@H](OC)OCCN32)[C@H](C)O1.COc1cccc2c1C(=O)c1c(O)c3c(c(O)c1C2=O)C[C@@](O)(C(=O)NCCN(C)C)C[C@@H]3O[C@H]1C[C@H]2[C@H](O[C@@H]3[C@@H](OC)OCCN32)[C@H](C)O1.COc1cccc2c1C(=O)c1c(O)c3c(c(O)c1C2=O)C[C@@](O)(C(=O)O)C[C@@H]3O[C@H]1C[C@H]2[C@H](O[C@@H]3[C@@H](OC)OCCN32)[C@H](C)O1. The zero-order chi connectivity index (χ0) is 100. The Bertz CT molecular complexity index is 6090. The minimum atomic E-state index is -2.43. The summed E-state index contributed by atoms with van der Waals surface area (Å²) in [7, 11) is 12.4. The van der Waals surface area contributed by atoms with Gasteiger partial charge in [-0.3, -0.25) is 53.1 Å². The first-order valence-corrected chi connectivity index (χ1v) is 46.6. The van der Waals surface area contributed by atoms with E-state index in [0.29, 0.717) is 58.8 Å². The summed E-state index contributed by atoms with van der Waals surface area (Å²) in [6.45, 7) is 8.23. The molecule has 0 aromatic heterocycles. The van der Waals surface area contributed by atoms with Crippen LogP contribution in [-0.2, 0) is 105 Å². The lowest BCUT2D eigenvalue weighted by Gasteiger charge is -2.43. The molecule has 9 fully saturated rings. The number of ether oxygens (including phenoxy) is 18. The van der Waals surface area contributed by atoms with Crippen LogP contribution in [0.4, 0.5) is 0 Å². The van der Waals surface area contributed by atoms with Gasteiger partial charge in [-0.25, -0.2) is 4.79 Å². The number of phenols is 6. The summed E-state index contributed by atoms with van der Waals surface area (Å²) >= 11 is 0. The number of rotatable bonds is 19. The van der Waals surface area contributed by atoms with Crippen LogP contribution >= 0.6 is 0 Å². The maximum Gasteiger partial charge on any atom is 0.336 e. The van der Waals surface area contributed by atoms with Crippen LogP contribution < -0.4 is 19.5 Å². The third-order valence-electron chi connectivity index (χ3n) is 29.9. The average molecular weight is 1970 g/mol. The number of nitrogens with one attached hydrogen (secondary N) is 1. The Hall–Kier alpha value is -10.8. The number of likely N-dealkylation sites (N-methyl/N-ethyl adjacent to an activating group) is 1. The Kier molecular flexibility index (Phi) is 26.7. The van der Waals surface area contributed by atoms with Gasteiger partial charge in [0.1, 0.15) is 87.9 Å². The number of phenolic OH excluding ortho intramolecular Hbond substituents is 6. The quantitative estimate of drug-likeness (QED) is 0.0518. The van der Waals surface area contributed by atoms with Crippen LogP contribution in [0.2, 0.25) is 0 Å². The highest BCUT2D eigenvalue weighted by Crippen LogP contribution is 2.59. The van der Waals surface area contributed by atoms with E-state index in [0.717, 1.165) is 0 Å². The zero-order valence-electron chi connectivity index (χ0n) is 78.8. The van der Waals surface area contributed by atoms with Crippen molar-refractivity contribution in [3.8, 4) is 51.7 Å². The number of carboxylic acids is 1. The molecular formula is C98H111N5O38. The monoisotopic (exact) mass is 1970 g/mol. The first kappa shape index (κ1) is 99.0. The Labute approximate surface area is 805 Å². The predicted molar refractivity (Wildman–Crippen MR) is 476 cm³/mol. The van der Waals surface area contributed by atoms with Gasteiger partial charge in [0.05, 0.1) is 128 Å². The molecule has 141 heavy (non-hydrogen) atoms. The molecular weight excluding hydrogens is 1860 g/mol. The summed E-state index contributed by atoms with van der Waals surface area (Å²) in [4.78, 5) is 130. The van der Waals surface area contributed by atoms with Gasteiger partial charge in [0.15, 0.2) is 85.2 Å². The molecule has 24 atom stereocenters. The molecule has 0 spiro atoms. The number of carbonyl (C=O) groups excluding carboxylic acids is 8. The van der Waals surface area contributed by atoms with Crippen molar-refractivity contribution < 1.29 is 185 Å². The molecule has 0 bridgehead atoms. The van der Waals surface area contributed by atoms with Gasteiger partial charge in [-0.2, -0.15) is 0 Å². The fraction of sp³-hybridized carbons (Fsp3) is 0.541. The van der Waals surface area contributed by atoms with Crippen LogP contribution in [0, 0.1) is 0 Å². The number of aliphatic carboxylic acids is 1. The Morgan fingerprint density at radius 3 is 1.04 bits per heavy atom. The first-order valence-electron chi connectivity index (χ1n) is 46.6. The fourth-order valence-electron chi connectivity index (χ4n) is 23.2. The van der Waals surface area contributed by atoms with Gasteiger partial charge in [-0.1, -0.05) is 36.4 Å². The molecule has 15 aliphatic rings. The smallest absolute Gasteiger partial charge is 0.336 e. The molecule has 0 radical (unpaired) electrons. The number of aliphatic hydroxyl groups is 4. The van der Waals surface area contributed by atoms with Gasteiger partial charge in [0.25, 0.3) is 5.91 Å². The van der Waals surface area contributed by atoms with Crippen LogP contribution in [0.15, 0.2) is 54.6 Å². The molecule has 0 unspecified atom stereocenters. The molecule has 6 aromatic rings. The van der Waals surface area contributed by atoms with E-state index < -0.39 is 269 Å². The molecule has 9 heterocycles. The van der Waals surface area contributed by atoms with E-state index in [-0.39, 0.29) is 140 Å². The molecule has 21 rings (SSSR count). The minimum Gasteiger partial charge on any atom is -0.507 e. The Balaban J connectivity index is 0.000000135. The molecule has 9 saturated heterocycles. The van der Waals surface area contributed by atoms with Gasteiger partial charge in [-0.05, 0) is 53.1 Å². The van der Waals surface area contributed by atoms with E-state index in [4.69, 9.17) is 85.3 Å². The van der Waals surface area contributed by atoms with Crippen molar-refractivity contribution in [2.24, 2.45) is 0 Å². The van der Waals surface area contributed by atoms with Crippen LogP contribution in [0.25, 0.3) is 0 Å².